The molecule has 2 aliphatic rings. The van der Waals surface area contributed by atoms with E-state index in [0.29, 0.717) is 5.56 Å². The lowest BCUT2D eigenvalue weighted by molar-refractivity contribution is 0.102. The van der Waals surface area contributed by atoms with Crippen LogP contribution in [0.3, 0.4) is 0 Å². The molecule has 5 nitrogen and oxygen atoms in total. The van der Waals surface area contributed by atoms with Crippen LogP contribution in [-0.4, -0.2) is 67.3 Å². The SMILES string of the molecule is CCN1CCN(Cc2ccc(NC(=O)c3ccc4c(c3)N(CC)CCS4)cc2)CC1. The summed E-state index contributed by atoms with van der Waals surface area (Å²) in [5.74, 6) is 1.06. The molecule has 0 spiro atoms. The zero-order valence-corrected chi connectivity index (χ0v) is 18.9. The standard InChI is InChI=1S/C24H32N4OS/c1-3-26-11-13-27(14-12-26)18-19-5-8-21(9-6-19)25-24(29)20-7-10-23-22(17-20)28(4-2)15-16-30-23/h5-10,17H,3-4,11-16,18H2,1-2H3,(H,25,29). The molecular weight excluding hydrogens is 392 g/mol. The lowest BCUT2D eigenvalue weighted by atomic mass is 10.1. The molecule has 1 fully saturated rings. The van der Waals surface area contributed by atoms with Crippen molar-refractivity contribution in [3.05, 3.63) is 53.6 Å². The molecule has 1 saturated heterocycles. The first-order valence-electron chi connectivity index (χ1n) is 11.0. The summed E-state index contributed by atoms with van der Waals surface area (Å²) in [5, 5.41) is 3.06. The fourth-order valence-corrected chi connectivity index (χ4v) is 5.19. The van der Waals surface area contributed by atoms with Gasteiger partial charge in [-0.25, -0.2) is 0 Å². The summed E-state index contributed by atoms with van der Waals surface area (Å²) in [5.41, 5.74) is 4.04. The smallest absolute Gasteiger partial charge is 0.255 e. The molecular formula is C24H32N4OS. The summed E-state index contributed by atoms with van der Waals surface area (Å²) in [4.78, 5) is 21.4. The van der Waals surface area contributed by atoms with Gasteiger partial charge < -0.3 is 15.1 Å². The van der Waals surface area contributed by atoms with Crippen molar-refractivity contribution in [1.29, 1.82) is 0 Å². The maximum absolute atomic E-state index is 12.8. The minimum atomic E-state index is -0.0483. The zero-order valence-electron chi connectivity index (χ0n) is 18.1. The molecule has 2 aliphatic heterocycles. The Hall–Kier alpha value is -2.02. The second-order valence-electron chi connectivity index (χ2n) is 7.97. The van der Waals surface area contributed by atoms with Gasteiger partial charge in [-0.05, 0) is 49.4 Å². The van der Waals surface area contributed by atoms with Crippen LogP contribution in [0.2, 0.25) is 0 Å². The van der Waals surface area contributed by atoms with Gasteiger partial charge in [0.2, 0.25) is 0 Å². The fraction of sp³-hybridized carbons (Fsp3) is 0.458. The molecule has 0 bridgehead atoms. The first kappa shape index (κ1) is 21.2. The van der Waals surface area contributed by atoms with Crippen molar-refractivity contribution in [2.45, 2.75) is 25.3 Å². The Morgan fingerprint density at radius 3 is 2.37 bits per heavy atom. The monoisotopic (exact) mass is 424 g/mol. The van der Waals surface area contributed by atoms with Crippen molar-refractivity contribution in [2.24, 2.45) is 0 Å². The van der Waals surface area contributed by atoms with Gasteiger partial charge in [-0.1, -0.05) is 19.1 Å². The number of amides is 1. The Bertz CT molecular complexity index is 862. The van der Waals surface area contributed by atoms with Crippen molar-refractivity contribution in [2.75, 3.05) is 61.8 Å². The van der Waals surface area contributed by atoms with E-state index in [4.69, 9.17) is 0 Å². The third-order valence-corrected chi connectivity index (χ3v) is 7.14. The molecule has 6 heteroatoms. The Kier molecular flexibility index (Phi) is 6.97. The Morgan fingerprint density at radius 2 is 1.67 bits per heavy atom. The lowest BCUT2D eigenvalue weighted by Crippen LogP contribution is -2.45. The predicted octanol–water partition coefficient (Wildman–Crippen LogP) is 4.01. The zero-order chi connectivity index (χ0) is 20.9. The third kappa shape index (κ3) is 4.99. The van der Waals surface area contributed by atoms with Gasteiger partial charge in [0.15, 0.2) is 0 Å². The van der Waals surface area contributed by atoms with Crippen molar-refractivity contribution in [3.8, 4) is 0 Å². The first-order chi connectivity index (χ1) is 14.7. The van der Waals surface area contributed by atoms with Gasteiger partial charge in [-0.15, -0.1) is 11.8 Å². The topological polar surface area (TPSA) is 38.8 Å². The molecule has 0 unspecified atom stereocenters. The molecule has 2 heterocycles. The van der Waals surface area contributed by atoms with Gasteiger partial charge in [0.1, 0.15) is 0 Å². The number of benzene rings is 2. The molecule has 2 aromatic rings. The average molecular weight is 425 g/mol. The van der Waals surface area contributed by atoms with Crippen molar-refractivity contribution in [1.82, 2.24) is 9.80 Å². The highest BCUT2D eigenvalue weighted by Gasteiger charge is 2.19. The minimum absolute atomic E-state index is 0.0483. The highest BCUT2D eigenvalue weighted by molar-refractivity contribution is 7.99. The number of rotatable bonds is 6. The van der Waals surface area contributed by atoms with Crippen LogP contribution in [0.25, 0.3) is 0 Å². The summed E-state index contributed by atoms with van der Waals surface area (Å²) in [6.45, 7) is 13.1. The van der Waals surface area contributed by atoms with E-state index in [2.05, 4.69) is 52.1 Å². The Balaban J connectivity index is 1.36. The molecule has 0 atom stereocenters. The van der Waals surface area contributed by atoms with E-state index in [1.807, 2.05) is 36.0 Å². The van der Waals surface area contributed by atoms with Gasteiger partial charge >= 0.3 is 0 Å². The Labute approximate surface area is 184 Å². The second kappa shape index (κ2) is 9.86. The van der Waals surface area contributed by atoms with E-state index in [9.17, 15) is 4.79 Å². The number of carbonyl (C=O) groups excluding carboxylic acids is 1. The number of hydrogen-bond donors (Lipinski definition) is 1. The molecule has 0 aromatic heterocycles. The number of carbonyl (C=O) groups is 1. The second-order valence-corrected chi connectivity index (χ2v) is 9.11. The number of nitrogens with one attached hydrogen (secondary N) is 1. The summed E-state index contributed by atoms with van der Waals surface area (Å²) in [6.07, 6.45) is 0. The van der Waals surface area contributed by atoms with E-state index in [1.54, 1.807) is 0 Å². The fourth-order valence-electron chi connectivity index (χ4n) is 4.16. The number of likely N-dealkylation sites (N-methyl/N-ethyl adjacent to an activating group) is 1. The molecule has 0 aliphatic carbocycles. The predicted molar refractivity (Wildman–Crippen MR) is 127 cm³/mol. The van der Waals surface area contributed by atoms with Crippen molar-refractivity contribution in [3.63, 3.8) is 0 Å². The van der Waals surface area contributed by atoms with E-state index < -0.39 is 0 Å². The largest absolute Gasteiger partial charge is 0.370 e. The maximum atomic E-state index is 12.8. The van der Waals surface area contributed by atoms with Crippen LogP contribution >= 0.6 is 11.8 Å². The number of nitrogens with zero attached hydrogens (tertiary/aromatic N) is 3. The van der Waals surface area contributed by atoms with Gasteiger partial charge in [-0.2, -0.15) is 0 Å². The van der Waals surface area contributed by atoms with Gasteiger partial charge in [0, 0.05) is 67.7 Å². The molecule has 2 aromatic carbocycles. The summed E-state index contributed by atoms with van der Waals surface area (Å²) in [7, 11) is 0. The van der Waals surface area contributed by atoms with Crippen LogP contribution < -0.4 is 10.2 Å². The number of hydrogen-bond acceptors (Lipinski definition) is 5. The summed E-state index contributed by atoms with van der Waals surface area (Å²) >= 11 is 1.87. The first-order valence-corrected chi connectivity index (χ1v) is 12.0. The third-order valence-electron chi connectivity index (χ3n) is 6.09. The van der Waals surface area contributed by atoms with E-state index >= 15 is 0 Å². The molecule has 1 amide bonds. The van der Waals surface area contributed by atoms with E-state index in [-0.39, 0.29) is 5.91 Å². The maximum Gasteiger partial charge on any atom is 0.255 e. The average Bonchev–Trinajstić information content (AvgIpc) is 2.80. The number of piperazine rings is 1. The van der Waals surface area contributed by atoms with Crippen LogP contribution in [-0.2, 0) is 6.54 Å². The molecule has 4 rings (SSSR count). The molecule has 30 heavy (non-hydrogen) atoms. The van der Waals surface area contributed by atoms with Crippen LogP contribution in [0.4, 0.5) is 11.4 Å². The lowest BCUT2D eigenvalue weighted by Gasteiger charge is -2.34. The van der Waals surface area contributed by atoms with Crippen LogP contribution in [0.5, 0.6) is 0 Å². The minimum Gasteiger partial charge on any atom is -0.370 e. The van der Waals surface area contributed by atoms with Crippen LogP contribution in [0.15, 0.2) is 47.4 Å². The van der Waals surface area contributed by atoms with Crippen molar-refractivity contribution >= 4 is 29.0 Å². The summed E-state index contributed by atoms with van der Waals surface area (Å²) in [6, 6.07) is 14.3. The van der Waals surface area contributed by atoms with Gasteiger partial charge in [-0.3, -0.25) is 9.69 Å². The van der Waals surface area contributed by atoms with Crippen molar-refractivity contribution < 1.29 is 4.79 Å². The van der Waals surface area contributed by atoms with Gasteiger partial charge in [0.25, 0.3) is 5.91 Å². The van der Waals surface area contributed by atoms with Gasteiger partial charge in [0.05, 0.1) is 5.69 Å². The number of anilines is 2. The Morgan fingerprint density at radius 1 is 0.933 bits per heavy atom. The summed E-state index contributed by atoms with van der Waals surface area (Å²) < 4.78 is 0. The van der Waals surface area contributed by atoms with Crippen LogP contribution in [0, 0.1) is 0 Å². The molecule has 160 valence electrons. The molecule has 1 N–H and O–H groups in total. The molecule has 0 saturated carbocycles. The number of fused-ring (bicyclic) bond motifs is 1. The molecule has 0 radical (unpaired) electrons. The van der Waals surface area contributed by atoms with Crippen LogP contribution in [0.1, 0.15) is 29.8 Å². The highest BCUT2D eigenvalue weighted by atomic mass is 32.2. The van der Waals surface area contributed by atoms with E-state index in [1.165, 1.54) is 16.1 Å². The number of thioether (sulfide) groups is 1. The highest BCUT2D eigenvalue weighted by Crippen LogP contribution is 2.35. The van der Waals surface area contributed by atoms with E-state index in [0.717, 1.165) is 63.8 Å². The quantitative estimate of drug-likeness (QED) is 0.759. The normalized spacial score (nSPS) is 17.6.